The number of aryl methyl sites for hydroxylation is 1. The molecule has 0 unspecified atom stereocenters. The molecule has 0 spiro atoms. The second-order valence-electron chi connectivity index (χ2n) is 7.39. The van der Waals surface area contributed by atoms with Crippen molar-refractivity contribution < 1.29 is 28.5 Å². The van der Waals surface area contributed by atoms with Crippen LogP contribution in [0.3, 0.4) is 0 Å². The van der Waals surface area contributed by atoms with Gasteiger partial charge >= 0.3 is 5.97 Å². The molecule has 2 N–H and O–H groups in total. The van der Waals surface area contributed by atoms with Gasteiger partial charge in [0.25, 0.3) is 5.91 Å². The minimum Gasteiger partial charge on any atom is -0.493 e. The van der Waals surface area contributed by atoms with Crippen LogP contribution in [-0.4, -0.2) is 46.0 Å². The Bertz CT molecular complexity index is 1170. The van der Waals surface area contributed by atoms with E-state index in [1.54, 1.807) is 24.3 Å². The fraction of sp³-hybridized carbons (Fsp3) is 0.192. The van der Waals surface area contributed by atoms with Gasteiger partial charge in [-0.25, -0.2) is 10.2 Å². The van der Waals surface area contributed by atoms with E-state index < -0.39 is 5.97 Å². The Kier molecular flexibility index (Phi) is 8.66. The van der Waals surface area contributed by atoms with Crippen LogP contribution in [0.5, 0.6) is 23.0 Å². The topological polar surface area (TPSA) is 107 Å². The van der Waals surface area contributed by atoms with Gasteiger partial charge in [-0.05, 0) is 61.0 Å². The number of carbonyl (C=O) groups is 2. The molecule has 0 atom stereocenters. The van der Waals surface area contributed by atoms with Crippen molar-refractivity contribution >= 4 is 23.8 Å². The number of nitrogens with zero attached hydrogens (tertiary/aromatic N) is 1. The maximum atomic E-state index is 12.6. The van der Waals surface area contributed by atoms with Crippen LogP contribution in [0, 0.1) is 6.92 Å². The molecule has 3 aromatic carbocycles. The normalized spacial score (nSPS) is 10.5. The first-order chi connectivity index (χ1) is 16.9. The molecular formula is C26H27N3O6. The van der Waals surface area contributed by atoms with Gasteiger partial charge in [0.15, 0.2) is 11.5 Å². The van der Waals surface area contributed by atoms with Gasteiger partial charge in [0.1, 0.15) is 5.75 Å². The summed E-state index contributed by atoms with van der Waals surface area (Å²) in [7, 11) is 4.42. The fourth-order valence-corrected chi connectivity index (χ4v) is 3.06. The van der Waals surface area contributed by atoms with Gasteiger partial charge in [-0.15, -0.1) is 0 Å². The molecule has 0 radical (unpaired) electrons. The lowest BCUT2D eigenvalue weighted by Gasteiger charge is -2.13. The Morgan fingerprint density at radius 3 is 2.09 bits per heavy atom. The molecule has 182 valence electrons. The van der Waals surface area contributed by atoms with Gasteiger partial charge in [0, 0.05) is 5.69 Å². The van der Waals surface area contributed by atoms with E-state index in [1.807, 2.05) is 31.2 Å². The fourth-order valence-electron chi connectivity index (χ4n) is 3.06. The molecule has 0 aromatic heterocycles. The number of ether oxygens (including phenoxy) is 4. The van der Waals surface area contributed by atoms with Crippen molar-refractivity contribution in [3.63, 3.8) is 0 Å². The number of nitrogens with one attached hydrogen (secondary N) is 2. The zero-order valence-corrected chi connectivity index (χ0v) is 20.0. The van der Waals surface area contributed by atoms with Crippen LogP contribution in [0.4, 0.5) is 5.69 Å². The van der Waals surface area contributed by atoms with Crippen LogP contribution < -0.4 is 29.7 Å². The largest absolute Gasteiger partial charge is 0.493 e. The predicted octanol–water partition coefficient (Wildman–Crippen LogP) is 3.80. The van der Waals surface area contributed by atoms with Gasteiger partial charge in [0.2, 0.25) is 5.75 Å². The molecule has 0 aliphatic carbocycles. The van der Waals surface area contributed by atoms with Crippen LogP contribution in [-0.2, 0) is 4.79 Å². The summed E-state index contributed by atoms with van der Waals surface area (Å²) in [5.41, 5.74) is 5.41. The number of methoxy groups -OCH3 is 3. The summed E-state index contributed by atoms with van der Waals surface area (Å²) >= 11 is 0. The van der Waals surface area contributed by atoms with Crippen molar-refractivity contribution in [1.82, 2.24) is 5.43 Å². The van der Waals surface area contributed by atoms with E-state index in [4.69, 9.17) is 18.9 Å². The molecule has 35 heavy (non-hydrogen) atoms. The molecule has 0 saturated heterocycles. The lowest BCUT2D eigenvalue weighted by molar-refractivity contribution is -0.119. The lowest BCUT2D eigenvalue weighted by Crippen LogP contribution is -2.25. The summed E-state index contributed by atoms with van der Waals surface area (Å²) in [6.45, 7) is 2.09. The molecular weight excluding hydrogens is 450 g/mol. The van der Waals surface area contributed by atoms with Crippen molar-refractivity contribution in [2.45, 2.75) is 6.92 Å². The van der Waals surface area contributed by atoms with Crippen LogP contribution in [0.15, 0.2) is 65.8 Å². The Labute approximate surface area is 203 Å². The molecule has 0 heterocycles. The second-order valence-corrected chi connectivity index (χ2v) is 7.39. The molecule has 3 aromatic rings. The molecule has 0 bridgehead atoms. The van der Waals surface area contributed by atoms with E-state index >= 15 is 0 Å². The predicted molar refractivity (Wildman–Crippen MR) is 133 cm³/mol. The van der Waals surface area contributed by atoms with E-state index in [2.05, 4.69) is 15.8 Å². The summed E-state index contributed by atoms with van der Waals surface area (Å²) < 4.78 is 21.2. The summed E-state index contributed by atoms with van der Waals surface area (Å²) in [6, 6.07) is 17.4. The number of benzene rings is 3. The number of hydrogen-bond acceptors (Lipinski definition) is 8. The van der Waals surface area contributed by atoms with Gasteiger partial charge < -0.3 is 24.3 Å². The highest BCUT2D eigenvalue weighted by atomic mass is 16.5. The third-order valence-electron chi connectivity index (χ3n) is 4.90. The Morgan fingerprint density at radius 1 is 0.886 bits per heavy atom. The van der Waals surface area contributed by atoms with E-state index in [9.17, 15) is 9.59 Å². The Morgan fingerprint density at radius 2 is 1.51 bits per heavy atom. The van der Waals surface area contributed by atoms with E-state index in [-0.39, 0.29) is 18.0 Å². The third kappa shape index (κ3) is 6.97. The molecule has 0 aliphatic heterocycles. The highest BCUT2D eigenvalue weighted by Crippen LogP contribution is 2.38. The summed E-state index contributed by atoms with van der Waals surface area (Å²) in [5.74, 6) is 0.556. The number of hydrogen-bond donors (Lipinski definition) is 2. The molecule has 0 aliphatic rings. The molecule has 9 heteroatoms. The van der Waals surface area contributed by atoms with Crippen molar-refractivity contribution in [2.24, 2.45) is 5.10 Å². The van der Waals surface area contributed by atoms with Gasteiger partial charge in [0.05, 0.1) is 39.7 Å². The van der Waals surface area contributed by atoms with Gasteiger partial charge in [-0.1, -0.05) is 17.7 Å². The smallest absolute Gasteiger partial charge is 0.343 e. The Hall–Kier alpha value is -4.53. The maximum absolute atomic E-state index is 12.6. The summed E-state index contributed by atoms with van der Waals surface area (Å²) in [5, 5.41) is 6.97. The quantitative estimate of drug-likeness (QED) is 0.198. The molecule has 0 fully saturated rings. The van der Waals surface area contributed by atoms with Crippen LogP contribution in [0.2, 0.25) is 0 Å². The van der Waals surface area contributed by atoms with Crippen LogP contribution >= 0.6 is 0 Å². The first-order valence-corrected chi connectivity index (χ1v) is 10.7. The number of amides is 1. The van der Waals surface area contributed by atoms with Crippen LogP contribution in [0.25, 0.3) is 0 Å². The molecule has 0 saturated carbocycles. The number of esters is 1. The summed E-state index contributed by atoms with van der Waals surface area (Å²) in [6.07, 6.45) is 1.49. The van der Waals surface area contributed by atoms with E-state index in [0.717, 1.165) is 11.3 Å². The lowest BCUT2D eigenvalue weighted by atomic mass is 10.2. The minimum atomic E-state index is -0.584. The first-order valence-electron chi connectivity index (χ1n) is 10.7. The average molecular weight is 478 g/mol. The van der Waals surface area contributed by atoms with E-state index in [1.165, 1.54) is 39.7 Å². The first kappa shape index (κ1) is 25.1. The minimum absolute atomic E-state index is 0.0935. The highest BCUT2D eigenvalue weighted by molar-refractivity contribution is 5.93. The van der Waals surface area contributed by atoms with Crippen molar-refractivity contribution in [3.8, 4) is 23.0 Å². The zero-order valence-electron chi connectivity index (χ0n) is 20.0. The molecule has 3 rings (SSSR count). The second kappa shape index (κ2) is 12.1. The monoisotopic (exact) mass is 477 g/mol. The number of hydrazone groups is 1. The van der Waals surface area contributed by atoms with Gasteiger partial charge in [-0.3, -0.25) is 4.79 Å². The third-order valence-corrected chi connectivity index (χ3v) is 4.90. The Balaban J connectivity index is 1.54. The number of carbonyl (C=O) groups excluding carboxylic acids is 2. The maximum Gasteiger partial charge on any atom is 0.343 e. The highest BCUT2D eigenvalue weighted by Gasteiger charge is 2.18. The number of rotatable bonds is 10. The SMILES string of the molecule is COc1cc(C(=O)Oc2ccc(/C=N/NC(=O)CNc3ccc(C)cc3)cc2)cc(OC)c1OC. The van der Waals surface area contributed by atoms with Crippen molar-refractivity contribution in [3.05, 3.63) is 77.4 Å². The molecule has 9 nitrogen and oxygen atoms in total. The van der Waals surface area contributed by atoms with Crippen molar-refractivity contribution in [1.29, 1.82) is 0 Å². The zero-order chi connectivity index (χ0) is 25.2. The summed E-state index contributed by atoms with van der Waals surface area (Å²) in [4.78, 5) is 24.6. The molecule has 1 amide bonds. The van der Waals surface area contributed by atoms with Crippen molar-refractivity contribution in [2.75, 3.05) is 33.2 Å². The van der Waals surface area contributed by atoms with Gasteiger partial charge in [-0.2, -0.15) is 5.10 Å². The van der Waals surface area contributed by atoms with E-state index in [0.29, 0.717) is 28.6 Å². The standard InChI is InChI=1S/C26H27N3O6/c1-17-5-9-20(10-6-17)27-16-24(30)29-28-15-18-7-11-21(12-8-18)35-26(31)19-13-22(32-2)25(34-4)23(14-19)33-3/h5-15,27H,16H2,1-4H3,(H,29,30)/b28-15+. The number of anilines is 1. The van der Waals surface area contributed by atoms with Crippen LogP contribution in [0.1, 0.15) is 21.5 Å². The average Bonchev–Trinajstić information content (AvgIpc) is 2.88.